The average molecular weight is 194 g/mol. The van der Waals surface area contributed by atoms with Gasteiger partial charge in [-0.1, -0.05) is 0 Å². The van der Waals surface area contributed by atoms with E-state index in [0.29, 0.717) is 5.82 Å². The average Bonchev–Trinajstić information content (AvgIpc) is 2.43. The maximum atomic E-state index is 11.5. The number of nitrogens with zero attached hydrogens (tertiary/aromatic N) is 4. The van der Waals surface area contributed by atoms with Crippen LogP contribution in [-0.4, -0.2) is 46.1 Å². The number of urea groups is 1. The Labute approximate surface area is 80.8 Å². The van der Waals surface area contributed by atoms with Gasteiger partial charge in [0.2, 0.25) is 0 Å². The molecule has 1 atom stereocenters. The predicted octanol–water partition coefficient (Wildman–Crippen LogP) is -0.333. The highest BCUT2D eigenvalue weighted by Crippen LogP contribution is 2.19. The lowest BCUT2D eigenvalue weighted by Gasteiger charge is -2.16. The smallest absolute Gasteiger partial charge is 0.327 e. The first-order valence-corrected chi connectivity index (χ1v) is 4.20. The highest BCUT2D eigenvalue weighted by Gasteiger charge is 2.35. The molecule has 0 aromatic carbocycles. The molecule has 0 aliphatic carbocycles. The van der Waals surface area contributed by atoms with E-state index < -0.39 is 6.23 Å². The number of likely N-dealkylation sites (N-methyl/N-ethyl adjacent to an activating group) is 1. The summed E-state index contributed by atoms with van der Waals surface area (Å²) >= 11 is 0. The fraction of sp³-hybridized carbons (Fsp3) is 0.375. The molecule has 2 rings (SSSR count). The van der Waals surface area contributed by atoms with Gasteiger partial charge in [0.15, 0.2) is 12.0 Å². The zero-order valence-corrected chi connectivity index (χ0v) is 7.66. The molecule has 6 heteroatoms. The number of rotatable bonds is 1. The molecule has 1 aliphatic rings. The molecule has 1 fully saturated rings. The SMILES string of the molecule is CN1CC(O)N(c2cccnn2)C1=O. The Bertz CT molecular complexity index is 342. The maximum absolute atomic E-state index is 11.5. The molecule has 1 N–H and O–H groups in total. The number of aliphatic hydroxyl groups excluding tert-OH is 1. The molecule has 2 amide bonds. The Morgan fingerprint density at radius 1 is 1.64 bits per heavy atom. The maximum Gasteiger partial charge on any atom is 0.327 e. The molecule has 74 valence electrons. The molecule has 1 aliphatic heterocycles. The highest BCUT2D eigenvalue weighted by molar-refractivity contribution is 5.93. The molecule has 1 saturated heterocycles. The molecule has 1 aromatic heterocycles. The monoisotopic (exact) mass is 194 g/mol. The highest BCUT2D eigenvalue weighted by atomic mass is 16.3. The third-order valence-corrected chi connectivity index (χ3v) is 2.07. The summed E-state index contributed by atoms with van der Waals surface area (Å²) in [5, 5.41) is 17.0. The lowest BCUT2D eigenvalue weighted by Crippen LogP contribution is -2.34. The van der Waals surface area contributed by atoms with Crippen LogP contribution in [0, 0.1) is 0 Å². The van der Waals surface area contributed by atoms with Crippen molar-refractivity contribution in [3.63, 3.8) is 0 Å². The third-order valence-electron chi connectivity index (χ3n) is 2.07. The van der Waals surface area contributed by atoms with E-state index in [1.165, 1.54) is 16.0 Å². The van der Waals surface area contributed by atoms with E-state index >= 15 is 0 Å². The largest absolute Gasteiger partial charge is 0.371 e. The fourth-order valence-corrected chi connectivity index (χ4v) is 1.39. The van der Waals surface area contributed by atoms with Gasteiger partial charge in [0.05, 0.1) is 6.54 Å². The van der Waals surface area contributed by atoms with Crippen molar-refractivity contribution < 1.29 is 9.90 Å². The lowest BCUT2D eigenvalue weighted by atomic mass is 10.4. The molecule has 0 saturated carbocycles. The second-order valence-corrected chi connectivity index (χ2v) is 3.10. The number of aliphatic hydroxyl groups is 1. The van der Waals surface area contributed by atoms with E-state index in [4.69, 9.17) is 0 Å². The summed E-state index contributed by atoms with van der Waals surface area (Å²) in [5.41, 5.74) is 0. The standard InChI is InChI=1S/C8H10N4O2/c1-11-5-7(13)12(8(11)14)6-3-2-4-9-10-6/h2-4,7,13H,5H2,1H3. The molecule has 0 radical (unpaired) electrons. The third kappa shape index (κ3) is 1.29. The van der Waals surface area contributed by atoms with Crippen molar-refractivity contribution in [2.75, 3.05) is 18.5 Å². The zero-order valence-electron chi connectivity index (χ0n) is 7.66. The minimum Gasteiger partial charge on any atom is -0.371 e. The molecule has 6 nitrogen and oxygen atoms in total. The van der Waals surface area contributed by atoms with Crippen molar-refractivity contribution in [3.05, 3.63) is 18.3 Å². The van der Waals surface area contributed by atoms with Crippen molar-refractivity contribution in [1.29, 1.82) is 0 Å². The number of hydrogen-bond donors (Lipinski definition) is 1. The number of carbonyl (C=O) groups excluding carboxylic acids is 1. The number of β-amino-alcohol motifs (C(OH)–C–C–N with tert-alkyl or cyclic N) is 1. The van der Waals surface area contributed by atoms with E-state index in [1.54, 1.807) is 19.2 Å². The van der Waals surface area contributed by atoms with Crippen molar-refractivity contribution in [2.45, 2.75) is 6.23 Å². The van der Waals surface area contributed by atoms with Crippen LogP contribution in [0.25, 0.3) is 0 Å². The summed E-state index contributed by atoms with van der Waals surface area (Å²) in [4.78, 5) is 14.2. The second-order valence-electron chi connectivity index (χ2n) is 3.10. The van der Waals surface area contributed by atoms with Gasteiger partial charge in [-0.3, -0.25) is 0 Å². The normalized spacial score (nSPS) is 21.9. The van der Waals surface area contributed by atoms with E-state index in [1.807, 2.05) is 0 Å². The van der Waals surface area contributed by atoms with Crippen LogP contribution >= 0.6 is 0 Å². The lowest BCUT2D eigenvalue weighted by molar-refractivity contribution is 0.183. The first kappa shape index (κ1) is 8.89. The first-order chi connectivity index (χ1) is 6.70. The summed E-state index contributed by atoms with van der Waals surface area (Å²) < 4.78 is 0. The van der Waals surface area contributed by atoms with Crippen LogP contribution in [0.5, 0.6) is 0 Å². The Balaban J connectivity index is 2.31. The Morgan fingerprint density at radius 3 is 2.93 bits per heavy atom. The molecule has 1 aromatic rings. The Kier molecular flexibility index (Phi) is 2.05. The van der Waals surface area contributed by atoms with Crippen molar-refractivity contribution in [2.24, 2.45) is 0 Å². The van der Waals surface area contributed by atoms with Crippen molar-refractivity contribution in [3.8, 4) is 0 Å². The number of amides is 2. The van der Waals surface area contributed by atoms with Crippen LogP contribution in [0.3, 0.4) is 0 Å². The summed E-state index contributed by atoms with van der Waals surface area (Å²) in [7, 11) is 1.63. The number of carbonyl (C=O) groups is 1. The minimum absolute atomic E-state index is 0.266. The van der Waals surface area contributed by atoms with E-state index in [9.17, 15) is 9.90 Å². The molecular weight excluding hydrogens is 184 g/mol. The number of anilines is 1. The predicted molar refractivity (Wildman–Crippen MR) is 48.5 cm³/mol. The molecular formula is C8H10N4O2. The van der Waals surface area contributed by atoms with Crippen molar-refractivity contribution >= 4 is 11.8 Å². The molecule has 0 bridgehead atoms. The minimum atomic E-state index is -0.843. The zero-order chi connectivity index (χ0) is 10.1. The Hall–Kier alpha value is -1.69. The Morgan fingerprint density at radius 2 is 2.43 bits per heavy atom. The van der Waals surface area contributed by atoms with Gasteiger partial charge < -0.3 is 10.0 Å². The molecule has 1 unspecified atom stereocenters. The quantitative estimate of drug-likeness (QED) is 0.664. The fourth-order valence-electron chi connectivity index (χ4n) is 1.39. The van der Waals surface area contributed by atoms with Gasteiger partial charge in [-0.05, 0) is 12.1 Å². The van der Waals surface area contributed by atoms with Gasteiger partial charge in [-0.25, -0.2) is 9.69 Å². The van der Waals surface area contributed by atoms with Crippen LogP contribution < -0.4 is 4.90 Å². The summed E-state index contributed by atoms with van der Waals surface area (Å²) in [5.74, 6) is 0.370. The molecule has 0 spiro atoms. The van der Waals surface area contributed by atoms with Crippen LogP contribution in [0.1, 0.15) is 0 Å². The van der Waals surface area contributed by atoms with Gasteiger partial charge in [0.1, 0.15) is 0 Å². The summed E-state index contributed by atoms with van der Waals surface area (Å²) in [6, 6.07) is 3.03. The van der Waals surface area contributed by atoms with E-state index in [-0.39, 0.29) is 12.6 Å². The number of hydrogen-bond acceptors (Lipinski definition) is 4. The van der Waals surface area contributed by atoms with Gasteiger partial charge in [-0.2, -0.15) is 5.10 Å². The van der Waals surface area contributed by atoms with Gasteiger partial charge in [0.25, 0.3) is 0 Å². The van der Waals surface area contributed by atoms with Crippen molar-refractivity contribution in [1.82, 2.24) is 15.1 Å². The first-order valence-electron chi connectivity index (χ1n) is 4.20. The van der Waals surface area contributed by atoms with Gasteiger partial charge in [0, 0.05) is 13.2 Å². The van der Waals surface area contributed by atoms with E-state index in [2.05, 4.69) is 10.2 Å². The van der Waals surface area contributed by atoms with Crippen LogP contribution in [-0.2, 0) is 0 Å². The summed E-state index contributed by atoms with van der Waals surface area (Å²) in [6.45, 7) is 0.287. The van der Waals surface area contributed by atoms with Crippen LogP contribution in [0.15, 0.2) is 18.3 Å². The van der Waals surface area contributed by atoms with Gasteiger partial charge in [-0.15, -0.1) is 5.10 Å². The molecule has 14 heavy (non-hydrogen) atoms. The van der Waals surface area contributed by atoms with Gasteiger partial charge >= 0.3 is 6.03 Å². The van der Waals surface area contributed by atoms with Crippen LogP contribution in [0.4, 0.5) is 10.6 Å². The second kappa shape index (κ2) is 3.22. The summed E-state index contributed by atoms with van der Waals surface area (Å²) in [6.07, 6.45) is 0.671. The molecule has 2 heterocycles. The topological polar surface area (TPSA) is 69.6 Å². The van der Waals surface area contributed by atoms with Crippen LogP contribution in [0.2, 0.25) is 0 Å². The number of aromatic nitrogens is 2. The van der Waals surface area contributed by atoms with E-state index in [0.717, 1.165) is 0 Å².